The van der Waals surface area contributed by atoms with Gasteiger partial charge in [-0.25, -0.2) is 4.79 Å². The van der Waals surface area contributed by atoms with E-state index in [9.17, 15) is 9.59 Å². The molecule has 0 aromatic rings. The van der Waals surface area contributed by atoms with Crippen molar-refractivity contribution in [1.82, 2.24) is 15.1 Å². The Morgan fingerprint density at radius 1 is 1.25 bits per heavy atom. The molecule has 3 unspecified atom stereocenters. The lowest BCUT2D eigenvalue weighted by Crippen LogP contribution is -2.59. The lowest BCUT2D eigenvalue weighted by atomic mass is 10.1. The zero-order chi connectivity index (χ0) is 14.9. The molecule has 1 aliphatic heterocycles. The van der Waals surface area contributed by atoms with Gasteiger partial charge in [0.1, 0.15) is 0 Å². The Morgan fingerprint density at radius 3 is 2.25 bits per heavy atom. The van der Waals surface area contributed by atoms with Gasteiger partial charge in [0.25, 0.3) is 0 Å². The number of hydrogen-bond donors (Lipinski definition) is 2. The number of carbonyl (C=O) groups is 2. The maximum atomic E-state index is 12.3. The normalized spacial score (nSPS) is 29.1. The van der Waals surface area contributed by atoms with Crippen molar-refractivity contribution in [2.45, 2.75) is 51.2 Å². The van der Waals surface area contributed by atoms with Gasteiger partial charge in [-0.15, -0.1) is 0 Å². The van der Waals surface area contributed by atoms with Crippen molar-refractivity contribution in [2.24, 2.45) is 5.92 Å². The summed E-state index contributed by atoms with van der Waals surface area (Å²) in [4.78, 5) is 27.3. The number of aliphatic carboxylic acids is 1. The van der Waals surface area contributed by atoms with Crippen LogP contribution in [0.15, 0.2) is 0 Å². The van der Waals surface area contributed by atoms with Gasteiger partial charge in [-0.1, -0.05) is 0 Å². The van der Waals surface area contributed by atoms with Crippen LogP contribution in [0.4, 0.5) is 4.79 Å². The van der Waals surface area contributed by atoms with Gasteiger partial charge in [0, 0.05) is 31.2 Å². The van der Waals surface area contributed by atoms with Gasteiger partial charge >= 0.3 is 12.0 Å². The van der Waals surface area contributed by atoms with Crippen LogP contribution in [0.5, 0.6) is 0 Å². The van der Waals surface area contributed by atoms with Gasteiger partial charge in [-0.2, -0.15) is 0 Å². The molecule has 114 valence electrons. The van der Waals surface area contributed by atoms with Crippen LogP contribution < -0.4 is 5.32 Å². The maximum absolute atomic E-state index is 12.3. The second-order valence-electron chi connectivity index (χ2n) is 6.26. The number of urea groups is 1. The molecule has 1 saturated carbocycles. The van der Waals surface area contributed by atoms with Crippen molar-refractivity contribution in [1.29, 1.82) is 0 Å². The molecule has 20 heavy (non-hydrogen) atoms. The highest BCUT2D eigenvalue weighted by Crippen LogP contribution is 2.34. The summed E-state index contributed by atoms with van der Waals surface area (Å²) in [7, 11) is 2.07. The van der Waals surface area contributed by atoms with E-state index in [-0.39, 0.29) is 18.5 Å². The van der Waals surface area contributed by atoms with Crippen LogP contribution >= 0.6 is 0 Å². The number of nitrogens with zero attached hydrogens (tertiary/aromatic N) is 2. The second kappa shape index (κ2) is 5.99. The van der Waals surface area contributed by atoms with Gasteiger partial charge in [-0.3, -0.25) is 9.69 Å². The van der Waals surface area contributed by atoms with Gasteiger partial charge in [0.15, 0.2) is 0 Å². The monoisotopic (exact) mass is 283 g/mol. The minimum atomic E-state index is -0.845. The van der Waals surface area contributed by atoms with E-state index >= 15 is 0 Å². The summed E-state index contributed by atoms with van der Waals surface area (Å²) >= 11 is 0. The third kappa shape index (κ3) is 3.62. The Hall–Kier alpha value is -1.30. The first-order chi connectivity index (χ1) is 9.38. The van der Waals surface area contributed by atoms with E-state index in [1.54, 1.807) is 0 Å². The number of likely N-dealkylation sites (N-methyl/N-ethyl adjacent to an activating group) is 1. The molecule has 0 radical (unpaired) electrons. The van der Waals surface area contributed by atoms with Crippen molar-refractivity contribution in [3.05, 3.63) is 0 Å². The topological polar surface area (TPSA) is 72.9 Å². The number of nitrogens with one attached hydrogen (secondary N) is 1. The molecular formula is C14H25N3O3. The predicted molar refractivity (Wildman–Crippen MR) is 75.6 cm³/mol. The predicted octanol–water partition coefficient (Wildman–Crippen LogP) is 0.974. The van der Waals surface area contributed by atoms with Crippen LogP contribution in [-0.4, -0.2) is 65.2 Å². The number of piperazine rings is 1. The molecule has 2 amide bonds. The molecule has 0 bridgehead atoms. The highest BCUT2D eigenvalue weighted by Gasteiger charge is 2.36. The van der Waals surface area contributed by atoms with Crippen molar-refractivity contribution in [3.8, 4) is 0 Å². The van der Waals surface area contributed by atoms with E-state index in [1.807, 2.05) is 4.90 Å². The fourth-order valence-corrected chi connectivity index (χ4v) is 2.84. The molecule has 6 heteroatoms. The Labute approximate surface area is 120 Å². The van der Waals surface area contributed by atoms with Crippen LogP contribution in [0.25, 0.3) is 0 Å². The molecular weight excluding hydrogens is 258 g/mol. The first-order valence-corrected chi connectivity index (χ1v) is 7.37. The summed E-state index contributed by atoms with van der Waals surface area (Å²) in [5.41, 5.74) is 0. The Morgan fingerprint density at radius 2 is 1.80 bits per heavy atom. The maximum Gasteiger partial charge on any atom is 0.317 e. The van der Waals surface area contributed by atoms with Crippen LogP contribution in [0.3, 0.4) is 0 Å². The zero-order valence-corrected chi connectivity index (χ0v) is 12.5. The molecule has 1 saturated heterocycles. The van der Waals surface area contributed by atoms with Crippen LogP contribution in [0.2, 0.25) is 0 Å². The van der Waals surface area contributed by atoms with Crippen LogP contribution in [0, 0.1) is 5.92 Å². The molecule has 1 aliphatic carbocycles. The highest BCUT2D eigenvalue weighted by atomic mass is 16.4. The van der Waals surface area contributed by atoms with Crippen LogP contribution in [0.1, 0.15) is 33.1 Å². The lowest BCUT2D eigenvalue weighted by Gasteiger charge is -2.42. The molecule has 1 heterocycles. The Balaban J connectivity index is 1.91. The average molecular weight is 283 g/mol. The van der Waals surface area contributed by atoms with E-state index in [0.717, 1.165) is 12.8 Å². The minimum absolute atomic E-state index is 0.0231. The van der Waals surface area contributed by atoms with Crippen molar-refractivity contribution in [2.75, 3.05) is 20.1 Å². The fraction of sp³-hybridized carbons (Fsp3) is 0.857. The smallest absolute Gasteiger partial charge is 0.317 e. The first kappa shape index (κ1) is 15.1. The number of carboxylic acids is 1. The number of carboxylic acid groups (broad SMARTS) is 1. The van der Waals surface area contributed by atoms with Gasteiger partial charge < -0.3 is 15.3 Å². The van der Waals surface area contributed by atoms with Crippen molar-refractivity contribution >= 4 is 12.0 Å². The molecule has 0 aromatic carbocycles. The standard InChI is InChI=1S/C14H25N3O3/c1-9-7-17(8-10(2)16(9)3)14(20)15-12(6-13(18)19)11-4-5-11/h9-12H,4-8H2,1-3H3,(H,15,20)(H,18,19). The first-order valence-electron chi connectivity index (χ1n) is 7.37. The zero-order valence-electron chi connectivity index (χ0n) is 12.5. The summed E-state index contributed by atoms with van der Waals surface area (Å²) in [5.74, 6) is -0.500. The summed E-state index contributed by atoms with van der Waals surface area (Å²) in [6.45, 7) is 5.59. The molecule has 2 aliphatic rings. The Bertz CT molecular complexity index is 372. The minimum Gasteiger partial charge on any atom is -0.481 e. The van der Waals surface area contributed by atoms with Crippen molar-refractivity contribution in [3.63, 3.8) is 0 Å². The molecule has 2 N–H and O–H groups in total. The van der Waals surface area contributed by atoms with Crippen molar-refractivity contribution < 1.29 is 14.7 Å². The number of hydrogen-bond acceptors (Lipinski definition) is 3. The largest absolute Gasteiger partial charge is 0.481 e. The summed E-state index contributed by atoms with van der Waals surface area (Å²) in [5, 5.41) is 11.9. The number of carbonyl (C=O) groups excluding carboxylic acids is 1. The molecule has 2 fully saturated rings. The van der Waals surface area contributed by atoms with E-state index < -0.39 is 5.97 Å². The third-order valence-corrected chi connectivity index (χ3v) is 4.54. The molecule has 3 atom stereocenters. The van der Waals surface area contributed by atoms with Gasteiger partial charge in [0.2, 0.25) is 0 Å². The highest BCUT2D eigenvalue weighted by molar-refractivity contribution is 5.76. The average Bonchev–Trinajstić information content (AvgIpc) is 3.18. The molecule has 0 spiro atoms. The number of rotatable bonds is 4. The van der Waals surface area contributed by atoms with Gasteiger partial charge in [-0.05, 0) is 39.7 Å². The molecule has 6 nitrogen and oxygen atoms in total. The third-order valence-electron chi connectivity index (χ3n) is 4.54. The summed E-state index contributed by atoms with van der Waals surface area (Å²) in [6.07, 6.45) is 2.07. The number of amides is 2. The van der Waals surface area contributed by atoms with E-state index in [0.29, 0.717) is 31.1 Å². The summed E-state index contributed by atoms with van der Waals surface area (Å²) in [6, 6.07) is 0.312. The SMILES string of the molecule is CC1CN(C(=O)NC(CC(=O)O)C2CC2)CC(C)N1C. The molecule has 0 aromatic heterocycles. The van der Waals surface area contributed by atoms with Gasteiger partial charge in [0.05, 0.1) is 6.42 Å². The van der Waals surface area contributed by atoms with Crippen LogP contribution in [-0.2, 0) is 4.79 Å². The fourth-order valence-electron chi connectivity index (χ4n) is 2.84. The Kier molecular flexibility index (Phi) is 4.52. The lowest BCUT2D eigenvalue weighted by molar-refractivity contribution is -0.137. The second-order valence-corrected chi connectivity index (χ2v) is 6.26. The van der Waals surface area contributed by atoms with E-state index in [1.165, 1.54) is 0 Å². The summed E-state index contributed by atoms with van der Waals surface area (Å²) < 4.78 is 0. The quantitative estimate of drug-likeness (QED) is 0.806. The van der Waals surface area contributed by atoms with E-state index in [2.05, 4.69) is 31.1 Å². The van der Waals surface area contributed by atoms with E-state index in [4.69, 9.17) is 5.11 Å². The molecule has 2 rings (SSSR count).